The van der Waals surface area contributed by atoms with Crippen molar-refractivity contribution in [1.29, 1.82) is 0 Å². The Hall–Kier alpha value is -1.83. The van der Waals surface area contributed by atoms with E-state index in [0.29, 0.717) is 37.7 Å². The molecular formula is C18H26FN3O3S. The minimum absolute atomic E-state index is 0.0691. The van der Waals surface area contributed by atoms with Gasteiger partial charge in [-0.3, -0.25) is 4.99 Å². The summed E-state index contributed by atoms with van der Waals surface area (Å²) in [6.45, 7) is 3.84. The number of guanidine groups is 1. The highest BCUT2D eigenvalue weighted by molar-refractivity contribution is 7.91. The average molecular weight is 383 g/mol. The Balaban J connectivity index is 1.71. The van der Waals surface area contributed by atoms with Crippen LogP contribution >= 0.6 is 0 Å². The van der Waals surface area contributed by atoms with E-state index in [-0.39, 0.29) is 29.3 Å². The third-order valence-corrected chi connectivity index (χ3v) is 6.54. The summed E-state index contributed by atoms with van der Waals surface area (Å²) in [6.07, 6.45) is 2.32. The standard InChI is InChI=1S/C18H26FN3O3S/c1-2-7-20-18(21-11-13-6-9-26(23,24)12-13)22-16-5-8-25-17-4-3-14(19)10-15(16)17/h3-4,10,13,16H,2,5-9,11-12H2,1H3,(H2,20,21,22). The largest absolute Gasteiger partial charge is 0.493 e. The molecule has 1 fully saturated rings. The van der Waals surface area contributed by atoms with Crippen LogP contribution in [-0.4, -0.2) is 45.6 Å². The van der Waals surface area contributed by atoms with Crippen LogP contribution in [0.15, 0.2) is 23.2 Å². The fourth-order valence-corrected chi connectivity index (χ4v) is 5.16. The van der Waals surface area contributed by atoms with E-state index in [4.69, 9.17) is 4.74 Å². The van der Waals surface area contributed by atoms with Crippen molar-refractivity contribution in [3.63, 3.8) is 0 Å². The van der Waals surface area contributed by atoms with Gasteiger partial charge in [-0.15, -0.1) is 0 Å². The molecule has 144 valence electrons. The fourth-order valence-electron chi connectivity index (χ4n) is 3.31. The Kier molecular flexibility index (Phi) is 6.01. The van der Waals surface area contributed by atoms with Gasteiger partial charge in [-0.25, -0.2) is 12.8 Å². The van der Waals surface area contributed by atoms with Crippen molar-refractivity contribution in [3.8, 4) is 5.75 Å². The van der Waals surface area contributed by atoms with Crippen LogP contribution in [0.2, 0.25) is 0 Å². The maximum atomic E-state index is 13.6. The first-order chi connectivity index (χ1) is 12.5. The lowest BCUT2D eigenvalue weighted by Gasteiger charge is -2.28. The number of aliphatic imine (C=N–C) groups is 1. The van der Waals surface area contributed by atoms with Gasteiger partial charge in [0.1, 0.15) is 11.6 Å². The summed E-state index contributed by atoms with van der Waals surface area (Å²) in [5.41, 5.74) is 0.783. The third kappa shape index (κ3) is 4.87. The Morgan fingerprint density at radius 1 is 1.38 bits per heavy atom. The molecule has 0 radical (unpaired) electrons. The number of benzene rings is 1. The van der Waals surface area contributed by atoms with E-state index >= 15 is 0 Å². The minimum atomic E-state index is -2.90. The molecule has 2 heterocycles. The molecule has 3 rings (SSSR count). The highest BCUT2D eigenvalue weighted by Gasteiger charge is 2.28. The van der Waals surface area contributed by atoms with Gasteiger partial charge in [-0.2, -0.15) is 0 Å². The molecule has 1 aromatic carbocycles. The van der Waals surface area contributed by atoms with Gasteiger partial charge in [0.15, 0.2) is 15.8 Å². The summed E-state index contributed by atoms with van der Waals surface area (Å²) in [7, 11) is -2.90. The zero-order valence-corrected chi connectivity index (χ0v) is 15.8. The third-order valence-electron chi connectivity index (χ3n) is 4.70. The monoisotopic (exact) mass is 383 g/mol. The maximum absolute atomic E-state index is 13.6. The molecule has 2 N–H and O–H groups in total. The number of halogens is 1. The quantitative estimate of drug-likeness (QED) is 0.601. The molecule has 0 amide bonds. The number of nitrogens with zero attached hydrogens (tertiary/aromatic N) is 1. The Bertz CT molecular complexity index is 767. The Morgan fingerprint density at radius 3 is 2.96 bits per heavy atom. The topological polar surface area (TPSA) is 79.8 Å². The van der Waals surface area contributed by atoms with Gasteiger partial charge in [0.05, 0.1) is 24.2 Å². The summed E-state index contributed by atoms with van der Waals surface area (Å²) in [5.74, 6) is 1.57. The molecule has 1 aromatic rings. The fraction of sp³-hybridized carbons (Fsp3) is 0.611. The first-order valence-electron chi connectivity index (χ1n) is 9.14. The first-order valence-corrected chi connectivity index (χ1v) is 11.0. The molecule has 0 aliphatic carbocycles. The van der Waals surface area contributed by atoms with E-state index in [1.54, 1.807) is 6.07 Å². The molecule has 0 aromatic heterocycles. The van der Waals surface area contributed by atoms with Crippen LogP contribution in [-0.2, 0) is 9.84 Å². The van der Waals surface area contributed by atoms with Crippen molar-refractivity contribution in [2.45, 2.75) is 32.2 Å². The van der Waals surface area contributed by atoms with Gasteiger partial charge in [0.25, 0.3) is 0 Å². The smallest absolute Gasteiger partial charge is 0.191 e. The van der Waals surface area contributed by atoms with Gasteiger partial charge < -0.3 is 15.4 Å². The average Bonchev–Trinajstić information content (AvgIpc) is 2.96. The van der Waals surface area contributed by atoms with E-state index in [1.807, 2.05) is 0 Å². The second kappa shape index (κ2) is 8.24. The molecule has 1 saturated heterocycles. The van der Waals surface area contributed by atoms with Crippen LogP contribution in [0.25, 0.3) is 0 Å². The molecule has 2 atom stereocenters. The van der Waals surface area contributed by atoms with Crippen molar-refractivity contribution < 1.29 is 17.5 Å². The number of ether oxygens (including phenoxy) is 1. The molecule has 6 nitrogen and oxygen atoms in total. The van der Waals surface area contributed by atoms with Crippen LogP contribution in [0.3, 0.4) is 0 Å². The molecule has 8 heteroatoms. The summed E-state index contributed by atoms with van der Waals surface area (Å²) in [5, 5.41) is 6.62. The highest BCUT2D eigenvalue weighted by atomic mass is 32.2. The second-order valence-electron chi connectivity index (χ2n) is 6.90. The number of hydrogen-bond donors (Lipinski definition) is 2. The van der Waals surface area contributed by atoms with Crippen molar-refractivity contribution in [3.05, 3.63) is 29.6 Å². The maximum Gasteiger partial charge on any atom is 0.191 e. The zero-order valence-electron chi connectivity index (χ0n) is 15.0. The van der Waals surface area contributed by atoms with E-state index in [9.17, 15) is 12.8 Å². The molecule has 2 aliphatic rings. The van der Waals surface area contributed by atoms with Crippen molar-refractivity contribution >= 4 is 15.8 Å². The predicted molar refractivity (Wildman–Crippen MR) is 99.7 cm³/mol. The van der Waals surface area contributed by atoms with E-state index in [1.165, 1.54) is 12.1 Å². The molecule has 26 heavy (non-hydrogen) atoms. The van der Waals surface area contributed by atoms with E-state index in [2.05, 4.69) is 22.5 Å². The molecule has 0 saturated carbocycles. The van der Waals surface area contributed by atoms with E-state index < -0.39 is 9.84 Å². The van der Waals surface area contributed by atoms with Crippen LogP contribution < -0.4 is 15.4 Å². The lowest BCUT2D eigenvalue weighted by atomic mass is 10.0. The molecule has 2 aliphatic heterocycles. The molecular weight excluding hydrogens is 357 g/mol. The molecule has 0 bridgehead atoms. The van der Waals surface area contributed by atoms with Gasteiger partial charge in [0.2, 0.25) is 0 Å². The highest BCUT2D eigenvalue weighted by Crippen LogP contribution is 2.32. The number of hydrogen-bond acceptors (Lipinski definition) is 4. The van der Waals surface area contributed by atoms with Crippen LogP contribution in [0.5, 0.6) is 5.75 Å². The summed E-state index contributed by atoms with van der Waals surface area (Å²) in [4.78, 5) is 4.59. The van der Waals surface area contributed by atoms with Gasteiger partial charge in [0, 0.05) is 25.1 Å². The van der Waals surface area contributed by atoms with Crippen molar-refractivity contribution in [2.24, 2.45) is 10.9 Å². The van der Waals surface area contributed by atoms with Crippen LogP contribution in [0.4, 0.5) is 4.39 Å². The van der Waals surface area contributed by atoms with Gasteiger partial charge in [-0.1, -0.05) is 6.92 Å². The minimum Gasteiger partial charge on any atom is -0.493 e. The lowest BCUT2D eigenvalue weighted by molar-refractivity contribution is 0.260. The number of nitrogens with one attached hydrogen (secondary N) is 2. The SMILES string of the molecule is CCCNC(=NCC1CCS(=O)(=O)C1)NC1CCOc2ccc(F)cc21. The summed E-state index contributed by atoms with van der Waals surface area (Å²) >= 11 is 0. The molecule has 0 spiro atoms. The number of sulfone groups is 1. The Morgan fingerprint density at radius 2 is 2.23 bits per heavy atom. The van der Waals surface area contributed by atoms with E-state index in [0.717, 1.165) is 18.5 Å². The van der Waals surface area contributed by atoms with Crippen LogP contribution in [0, 0.1) is 11.7 Å². The second-order valence-corrected chi connectivity index (χ2v) is 9.13. The van der Waals surface area contributed by atoms with Gasteiger partial charge >= 0.3 is 0 Å². The van der Waals surface area contributed by atoms with Crippen molar-refractivity contribution in [1.82, 2.24) is 10.6 Å². The molecule has 2 unspecified atom stereocenters. The van der Waals surface area contributed by atoms with Crippen LogP contribution in [0.1, 0.15) is 37.8 Å². The predicted octanol–water partition coefficient (Wildman–Crippen LogP) is 2.03. The van der Waals surface area contributed by atoms with Gasteiger partial charge in [-0.05, 0) is 37.0 Å². The normalized spacial score (nSPS) is 24.6. The lowest BCUT2D eigenvalue weighted by Crippen LogP contribution is -2.41. The first kappa shape index (κ1) is 18.9. The Labute approximate surface area is 154 Å². The number of rotatable bonds is 5. The zero-order chi connectivity index (χ0) is 18.6. The summed E-state index contributed by atoms with van der Waals surface area (Å²) in [6, 6.07) is 4.45. The number of fused-ring (bicyclic) bond motifs is 1. The summed E-state index contributed by atoms with van der Waals surface area (Å²) < 4.78 is 42.5. The van der Waals surface area contributed by atoms with Crippen molar-refractivity contribution in [2.75, 3.05) is 31.2 Å².